The summed E-state index contributed by atoms with van der Waals surface area (Å²) in [5, 5.41) is 8.65. The van der Waals surface area contributed by atoms with Gasteiger partial charge >= 0.3 is 5.97 Å². The van der Waals surface area contributed by atoms with Crippen LogP contribution in [0.4, 0.5) is 0 Å². The summed E-state index contributed by atoms with van der Waals surface area (Å²) in [5.41, 5.74) is 3.23. The lowest BCUT2D eigenvalue weighted by molar-refractivity contribution is -0.145. The number of H-pyrrole nitrogens is 1. The molecule has 0 aliphatic heterocycles. The maximum atomic E-state index is 13.6. The van der Waals surface area contributed by atoms with Gasteiger partial charge in [-0.3, -0.25) is 14.4 Å². The third kappa shape index (κ3) is 7.57. The van der Waals surface area contributed by atoms with Crippen LogP contribution < -0.4 is 4.74 Å². The number of nitrogens with one attached hydrogen (secondary N) is 1. The summed E-state index contributed by atoms with van der Waals surface area (Å²) >= 11 is 6.01. The smallest absolute Gasteiger partial charge is 0.313 e. The minimum atomic E-state index is -0.833. The van der Waals surface area contributed by atoms with E-state index in [1.165, 1.54) is 7.11 Å². The second kappa shape index (κ2) is 13.8. The molecule has 1 unspecified atom stereocenters. The predicted molar refractivity (Wildman–Crippen MR) is 145 cm³/mol. The van der Waals surface area contributed by atoms with Gasteiger partial charge in [-0.25, -0.2) is 0 Å². The lowest BCUT2D eigenvalue weighted by Crippen LogP contribution is -2.28. The van der Waals surface area contributed by atoms with Crippen molar-refractivity contribution in [2.75, 3.05) is 33.4 Å². The largest absolute Gasteiger partial charge is 0.496 e. The van der Waals surface area contributed by atoms with Gasteiger partial charge in [-0.1, -0.05) is 25.4 Å². The normalized spacial score (nSPS) is 11.6. The molecular formula is C28H35ClN2O6. The third-order valence-corrected chi connectivity index (χ3v) is 6.30. The first-order valence-corrected chi connectivity index (χ1v) is 12.5. The van der Waals surface area contributed by atoms with Crippen molar-refractivity contribution in [2.45, 2.75) is 40.5 Å². The Kier molecular flexibility index (Phi) is 11.1. The Bertz CT molecular complexity index is 1230. The molecular weight excluding hydrogens is 496 g/mol. The van der Waals surface area contributed by atoms with Crippen LogP contribution in [0, 0.1) is 6.92 Å². The number of hydrogen-bond donors (Lipinski definition) is 2. The zero-order valence-electron chi connectivity index (χ0n) is 22.2. The topological polar surface area (TPSA) is 109 Å². The van der Waals surface area contributed by atoms with Gasteiger partial charge in [0.1, 0.15) is 12.4 Å². The minimum Gasteiger partial charge on any atom is -0.496 e. The lowest BCUT2D eigenvalue weighted by Gasteiger charge is -2.19. The molecule has 0 spiro atoms. The monoisotopic (exact) mass is 530 g/mol. The van der Waals surface area contributed by atoms with E-state index in [0.717, 1.165) is 36.8 Å². The van der Waals surface area contributed by atoms with Crippen LogP contribution in [0.25, 0.3) is 10.9 Å². The van der Waals surface area contributed by atoms with Crippen LogP contribution in [0.1, 0.15) is 60.8 Å². The lowest BCUT2D eigenvalue weighted by atomic mass is 9.91. The number of carboxylic acids is 1. The molecule has 9 heteroatoms. The first kappa shape index (κ1) is 29.9. The Morgan fingerprint density at radius 3 is 2.22 bits per heavy atom. The van der Waals surface area contributed by atoms with E-state index < -0.39 is 11.9 Å². The van der Waals surface area contributed by atoms with E-state index in [1.54, 1.807) is 30.3 Å². The minimum absolute atomic E-state index is 0.198. The number of fused-ring (bicyclic) bond motifs is 1. The van der Waals surface area contributed by atoms with Gasteiger partial charge in [-0.05, 0) is 68.9 Å². The predicted octanol–water partition coefficient (Wildman–Crippen LogP) is 5.45. The van der Waals surface area contributed by atoms with Crippen molar-refractivity contribution in [3.63, 3.8) is 0 Å². The van der Waals surface area contributed by atoms with Crippen LogP contribution in [0.2, 0.25) is 5.02 Å². The van der Waals surface area contributed by atoms with Gasteiger partial charge in [0.15, 0.2) is 5.78 Å². The molecule has 0 bridgehead atoms. The molecule has 0 aliphatic carbocycles. The molecule has 0 saturated carbocycles. The Labute approximate surface area is 222 Å². The standard InChI is InChI=1S/C26H31ClN2O4.C2H4O2/c1-6-29(7-2)14-15-33-26(31)16(3)22-17(4)28-20-12-13-21(32-5)24(23(20)22)25(30)18-8-10-19(27)11-9-18;1-2(3)4/h8-13,16,28H,6-7,14-15H2,1-5H3;1H3,(H,3,4). The molecule has 2 aromatic carbocycles. The van der Waals surface area contributed by atoms with Gasteiger partial charge in [0.25, 0.3) is 5.97 Å². The van der Waals surface area contributed by atoms with E-state index in [4.69, 9.17) is 31.0 Å². The molecule has 37 heavy (non-hydrogen) atoms. The Hall–Kier alpha value is -3.36. The number of benzene rings is 2. The summed E-state index contributed by atoms with van der Waals surface area (Å²) in [6.45, 7) is 11.8. The van der Waals surface area contributed by atoms with Crippen LogP contribution in [-0.4, -0.2) is 66.1 Å². The highest BCUT2D eigenvalue weighted by Gasteiger charge is 2.28. The number of methoxy groups -OCH3 is 1. The molecule has 1 atom stereocenters. The molecule has 2 N–H and O–H groups in total. The number of halogens is 1. The third-order valence-electron chi connectivity index (χ3n) is 6.05. The van der Waals surface area contributed by atoms with Crippen molar-refractivity contribution in [1.82, 2.24) is 9.88 Å². The van der Waals surface area contributed by atoms with Crippen molar-refractivity contribution in [3.8, 4) is 5.75 Å². The Balaban J connectivity index is 0.00000112. The SMILES string of the molecule is CC(=O)O.CCN(CC)CCOC(=O)C(C)c1c(C)[nH]c2ccc(OC)c(C(=O)c3ccc(Cl)cc3)c12. The zero-order chi connectivity index (χ0) is 27.7. The number of hydrogen-bond acceptors (Lipinski definition) is 6. The van der Waals surface area contributed by atoms with Gasteiger partial charge in [-0.15, -0.1) is 0 Å². The van der Waals surface area contributed by atoms with Gasteiger partial charge < -0.3 is 24.5 Å². The van der Waals surface area contributed by atoms with Crippen molar-refractivity contribution in [1.29, 1.82) is 0 Å². The number of carbonyl (C=O) groups excluding carboxylic acids is 2. The van der Waals surface area contributed by atoms with Crippen molar-refractivity contribution < 1.29 is 29.0 Å². The fraction of sp³-hybridized carbons (Fsp3) is 0.393. The van der Waals surface area contributed by atoms with Gasteiger partial charge in [-0.2, -0.15) is 0 Å². The fourth-order valence-corrected chi connectivity index (χ4v) is 4.29. The van der Waals surface area contributed by atoms with Crippen LogP contribution in [0.3, 0.4) is 0 Å². The van der Waals surface area contributed by atoms with E-state index in [1.807, 2.05) is 19.9 Å². The number of carbonyl (C=O) groups is 3. The molecule has 0 radical (unpaired) electrons. The fourth-order valence-electron chi connectivity index (χ4n) is 4.16. The number of aliphatic carboxylic acids is 1. The zero-order valence-corrected chi connectivity index (χ0v) is 22.9. The number of likely N-dealkylation sites (N-methyl/N-ethyl adjacent to an activating group) is 1. The van der Waals surface area contributed by atoms with Crippen LogP contribution >= 0.6 is 11.6 Å². The second-order valence-corrected chi connectivity index (χ2v) is 8.94. The molecule has 200 valence electrons. The average molecular weight is 531 g/mol. The summed E-state index contributed by atoms with van der Waals surface area (Å²) in [4.78, 5) is 41.0. The number of ether oxygens (including phenoxy) is 2. The van der Waals surface area contributed by atoms with E-state index in [9.17, 15) is 9.59 Å². The molecule has 0 fully saturated rings. The van der Waals surface area contributed by atoms with Crippen LogP contribution in [-0.2, 0) is 14.3 Å². The molecule has 1 aromatic heterocycles. The highest BCUT2D eigenvalue weighted by Crippen LogP contribution is 2.37. The highest BCUT2D eigenvalue weighted by molar-refractivity contribution is 6.30. The van der Waals surface area contributed by atoms with E-state index in [-0.39, 0.29) is 11.8 Å². The number of aromatic amines is 1. The van der Waals surface area contributed by atoms with E-state index in [2.05, 4.69) is 23.7 Å². The van der Waals surface area contributed by atoms with Gasteiger partial charge in [0.2, 0.25) is 0 Å². The van der Waals surface area contributed by atoms with Crippen molar-refractivity contribution in [3.05, 3.63) is 63.8 Å². The molecule has 3 aromatic rings. The van der Waals surface area contributed by atoms with Gasteiger partial charge in [0, 0.05) is 40.7 Å². The van der Waals surface area contributed by atoms with Crippen LogP contribution in [0.5, 0.6) is 5.75 Å². The molecule has 0 amide bonds. The molecule has 8 nitrogen and oxygen atoms in total. The van der Waals surface area contributed by atoms with E-state index in [0.29, 0.717) is 40.4 Å². The number of aromatic nitrogens is 1. The number of esters is 1. The summed E-state index contributed by atoms with van der Waals surface area (Å²) in [5.74, 6) is -1.46. The average Bonchev–Trinajstić information content (AvgIpc) is 3.20. The number of aryl methyl sites for hydroxylation is 1. The number of carboxylic acid groups (broad SMARTS) is 1. The van der Waals surface area contributed by atoms with Gasteiger partial charge in [0.05, 0.1) is 18.6 Å². The molecule has 3 rings (SSSR count). The molecule has 0 aliphatic rings. The Morgan fingerprint density at radius 1 is 1.08 bits per heavy atom. The maximum absolute atomic E-state index is 13.6. The summed E-state index contributed by atoms with van der Waals surface area (Å²) in [7, 11) is 1.53. The summed E-state index contributed by atoms with van der Waals surface area (Å²) in [6.07, 6.45) is 0. The quantitative estimate of drug-likeness (QED) is 0.265. The van der Waals surface area contributed by atoms with Crippen molar-refractivity contribution >= 4 is 40.2 Å². The summed E-state index contributed by atoms with van der Waals surface area (Å²) in [6, 6.07) is 10.4. The first-order chi connectivity index (χ1) is 17.5. The molecule has 0 saturated heterocycles. The van der Waals surface area contributed by atoms with Crippen LogP contribution in [0.15, 0.2) is 36.4 Å². The summed E-state index contributed by atoms with van der Waals surface area (Å²) < 4.78 is 11.2. The number of ketones is 1. The van der Waals surface area contributed by atoms with Crippen molar-refractivity contribution in [2.24, 2.45) is 0 Å². The maximum Gasteiger partial charge on any atom is 0.313 e. The number of rotatable bonds is 10. The highest BCUT2D eigenvalue weighted by atomic mass is 35.5. The molecule has 1 heterocycles. The second-order valence-electron chi connectivity index (χ2n) is 8.50. The first-order valence-electron chi connectivity index (χ1n) is 12.1. The Morgan fingerprint density at radius 2 is 1.68 bits per heavy atom. The van der Waals surface area contributed by atoms with E-state index >= 15 is 0 Å². The number of nitrogens with zero attached hydrogens (tertiary/aromatic N) is 1.